The van der Waals surface area contributed by atoms with Gasteiger partial charge in [-0.3, -0.25) is 4.68 Å². The van der Waals surface area contributed by atoms with Gasteiger partial charge >= 0.3 is 0 Å². The van der Waals surface area contributed by atoms with E-state index in [4.69, 9.17) is 5.73 Å². The molecule has 96 valence electrons. The highest BCUT2D eigenvalue weighted by molar-refractivity contribution is 5.81. The molecule has 0 bridgehead atoms. The molecule has 3 rings (SSSR count). The van der Waals surface area contributed by atoms with Crippen LogP contribution in [-0.4, -0.2) is 26.8 Å². The van der Waals surface area contributed by atoms with E-state index in [1.54, 1.807) is 0 Å². The van der Waals surface area contributed by atoms with Gasteiger partial charge in [0.25, 0.3) is 0 Å². The van der Waals surface area contributed by atoms with Crippen molar-refractivity contribution in [3.8, 4) is 0 Å². The number of nitrogens with two attached hydrogens (primary N) is 1. The SMILES string of the molecule is Cc1nn(C)c2ncc(NC3CCC(N)C3)cc12. The van der Waals surface area contributed by atoms with Gasteiger partial charge in [0.1, 0.15) is 0 Å². The van der Waals surface area contributed by atoms with Crippen molar-refractivity contribution in [3.05, 3.63) is 18.0 Å². The normalized spacial score (nSPS) is 23.7. The molecule has 1 fully saturated rings. The van der Waals surface area contributed by atoms with Crippen LogP contribution in [0.25, 0.3) is 11.0 Å². The van der Waals surface area contributed by atoms with Crippen LogP contribution in [0, 0.1) is 6.92 Å². The Hall–Kier alpha value is -1.62. The van der Waals surface area contributed by atoms with E-state index in [0.717, 1.165) is 41.7 Å². The highest BCUT2D eigenvalue weighted by Gasteiger charge is 2.21. The fraction of sp³-hybridized carbons (Fsp3) is 0.538. The molecule has 18 heavy (non-hydrogen) atoms. The maximum absolute atomic E-state index is 5.93. The molecule has 0 aliphatic heterocycles. The quantitative estimate of drug-likeness (QED) is 0.842. The molecular formula is C13H19N5. The second kappa shape index (κ2) is 4.24. The summed E-state index contributed by atoms with van der Waals surface area (Å²) in [5.41, 5.74) is 8.95. The minimum atomic E-state index is 0.347. The van der Waals surface area contributed by atoms with E-state index in [1.165, 1.54) is 0 Å². The topological polar surface area (TPSA) is 68.8 Å². The van der Waals surface area contributed by atoms with E-state index in [0.29, 0.717) is 12.1 Å². The predicted octanol–water partition coefficient (Wildman–Crippen LogP) is 1.57. The number of anilines is 1. The number of rotatable bonds is 2. The van der Waals surface area contributed by atoms with E-state index in [-0.39, 0.29) is 0 Å². The van der Waals surface area contributed by atoms with Crippen molar-refractivity contribution in [1.29, 1.82) is 0 Å². The lowest BCUT2D eigenvalue weighted by atomic mass is 10.2. The molecule has 2 heterocycles. The molecule has 1 aliphatic carbocycles. The number of nitrogens with one attached hydrogen (secondary N) is 1. The zero-order chi connectivity index (χ0) is 12.7. The maximum Gasteiger partial charge on any atom is 0.157 e. The second-order valence-electron chi connectivity index (χ2n) is 5.22. The van der Waals surface area contributed by atoms with Crippen LogP contribution in [0.15, 0.2) is 12.3 Å². The fourth-order valence-corrected chi connectivity index (χ4v) is 2.77. The first-order valence-electron chi connectivity index (χ1n) is 6.45. The molecule has 1 saturated carbocycles. The lowest BCUT2D eigenvalue weighted by Gasteiger charge is -2.13. The second-order valence-corrected chi connectivity index (χ2v) is 5.22. The largest absolute Gasteiger partial charge is 0.381 e. The Balaban J connectivity index is 1.87. The molecule has 3 N–H and O–H groups in total. The summed E-state index contributed by atoms with van der Waals surface area (Å²) in [6.07, 6.45) is 5.18. The zero-order valence-electron chi connectivity index (χ0n) is 10.8. The standard InChI is InChI=1S/C13H19N5/c1-8-12-6-11(7-15-13(12)18(2)17-8)16-10-4-3-9(14)5-10/h6-7,9-10,16H,3-5,14H2,1-2H3. The van der Waals surface area contributed by atoms with Gasteiger partial charge in [0.15, 0.2) is 5.65 Å². The molecule has 0 amide bonds. The Morgan fingerprint density at radius 2 is 2.28 bits per heavy atom. The van der Waals surface area contributed by atoms with Crippen LogP contribution >= 0.6 is 0 Å². The van der Waals surface area contributed by atoms with Crippen molar-refractivity contribution < 1.29 is 0 Å². The van der Waals surface area contributed by atoms with E-state index in [9.17, 15) is 0 Å². The molecule has 0 spiro atoms. The summed E-state index contributed by atoms with van der Waals surface area (Å²) >= 11 is 0. The summed E-state index contributed by atoms with van der Waals surface area (Å²) in [5, 5.41) is 9.02. The number of aromatic nitrogens is 3. The lowest BCUT2D eigenvalue weighted by molar-refractivity contribution is 0.688. The van der Waals surface area contributed by atoms with Crippen LogP contribution < -0.4 is 11.1 Å². The molecule has 0 radical (unpaired) electrons. The molecule has 0 saturated heterocycles. The first-order chi connectivity index (χ1) is 8.63. The van der Waals surface area contributed by atoms with Gasteiger partial charge in [0.2, 0.25) is 0 Å². The van der Waals surface area contributed by atoms with Crippen LogP contribution in [-0.2, 0) is 7.05 Å². The Morgan fingerprint density at radius 3 is 3.00 bits per heavy atom. The lowest BCUT2D eigenvalue weighted by Crippen LogP contribution is -2.20. The van der Waals surface area contributed by atoms with Crippen LogP contribution in [0.1, 0.15) is 25.0 Å². The molecule has 2 aromatic rings. The van der Waals surface area contributed by atoms with Crippen molar-refractivity contribution in [2.75, 3.05) is 5.32 Å². The van der Waals surface area contributed by atoms with Gasteiger partial charge in [-0.25, -0.2) is 4.98 Å². The van der Waals surface area contributed by atoms with Crippen LogP contribution in [0.5, 0.6) is 0 Å². The molecule has 5 heteroatoms. The number of aryl methyl sites for hydroxylation is 2. The van der Waals surface area contributed by atoms with Crippen LogP contribution in [0.3, 0.4) is 0 Å². The molecule has 5 nitrogen and oxygen atoms in total. The number of fused-ring (bicyclic) bond motifs is 1. The summed E-state index contributed by atoms with van der Waals surface area (Å²) in [6, 6.07) is 2.96. The molecular weight excluding hydrogens is 226 g/mol. The maximum atomic E-state index is 5.93. The summed E-state index contributed by atoms with van der Waals surface area (Å²) < 4.78 is 1.82. The predicted molar refractivity (Wildman–Crippen MR) is 72.5 cm³/mol. The Kier molecular flexibility index (Phi) is 2.70. The zero-order valence-corrected chi connectivity index (χ0v) is 10.8. The van der Waals surface area contributed by atoms with Crippen LogP contribution in [0.4, 0.5) is 5.69 Å². The fourth-order valence-electron chi connectivity index (χ4n) is 2.77. The third kappa shape index (κ3) is 1.95. The summed E-state index contributed by atoms with van der Waals surface area (Å²) in [6.45, 7) is 2.01. The monoisotopic (exact) mass is 245 g/mol. The third-order valence-corrected chi connectivity index (χ3v) is 3.71. The average molecular weight is 245 g/mol. The van der Waals surface area contributed by atoms with E-state index >= 15 is 0 Å². The summed E-state index contributed by atoms with van der Waals surface area (Å²) in [7, 11) is 1.92. The van der Waals surface area contributed by atoms with Crippen molar-refractivity contribution in [1.82, 2.24) is 14.8 Å². The van der Waals surface area contributed by atoms with Gasteiger partial charge in [-0.05, 0) is 32.3 Å². The van der Waals surface area contributed by atoms with Gasteiger partial charge in [0, 0.05) is 24.5 Å². The van der Waals surface area contributed by atoms with E-state index in [2.05, 4.69) is 21.5 Å². The van der Waals surface area contributed by atoms with E-state index in [1.807, 2.05) is 24.9 Å². The van der Waals surface area contributed by atoms with Crippen molar-refractivity contribution in [3.63, 3.8) is 0 Å². The Labute approximate surface area is 106 Å². The van der Waals surface area contributed by atoms with E-state index < -0.39 is 0 Å². The molecule has 2 aromatic heterocycles. The number of hydrogen-bond donors (Lipinski definition) is 2. The minimum absolute atomic E-state index is 0.347. The smallest absolute Gasteiger partial charge is 0.157 e. The summed E-state index contributed by atoms with van der Waals surface area (Å²) in [4.78, 5) is 4.47. The van der Waals surface area contributed by atoms with Gasteiger partial charge in [-0.1, -0.05) is 0 Å². The molecule has 2 atom stereocenters. The molecule has 0 aromatic carbocycles. The molecule has 1 aliphatic rings. The number of pyridine rings is 1. The Morgan fingerprint density at radius 1 is 1.44 bits per heavy atom. The van der Waals surface area contributed by atoms with Crippen molar-refractivity contribution in [2.24, 2.45) is 12.8 Å². The van der Waals surface area contributed by atoms with Crippen molar-refractivity contribution in [2.45, 2.75) is 38.3 Å². The highest BCUT2D eigenvalue weighted by atomic mass is 15.3. The van der Waals surface area contributed by atoms with Gasteiger partial charge < -0.3 is 11.1 Å². The third-order valence-electron chi connectivity index (χ3n) is 3.71. The molecule has 2 unspecified atom stereocenters. The minimum Gasteiger partial charge on any atom is -0.381 e. The summed E-state index contributed by atoms with van der Waals surface area (Å²) in [5.74, 6) is 0. The van der Waals surface area contributed by atoms with Gasteiger partial charge in [0.05, 0.1) is 17.6 Å². The van der Waals surface area contributed by atoms with Crippen LogP contribution in [0.2, 0.25) is 0 Å². The Bertz CT molecular complexity index is 574. The number of nitrogens with zero attached hydrogens (tertiary/aromatic N) is 3. The van der Waals surface area contributed by atoms with Gasteiger partial charge in [-0.15, -0.1) is 0 Å². The first-order valence-corrected chi connectivity index (χ1v) is 6.45. The van der Waals surface area contributed by atoms with Gasteiger partial charge in [-0.2, -0.15) is 5.10 Å². The highest BCUT2D eigenvalue weighted by Crippen LogP contribution is 2.24. The number of hydrogen-bond acceptors (Lipinski definition) is 4. The first kappa shape index (κ1) is 11.5. The average Bonchev–Trinajstić information content (AvgIpc) is 2.85. The van der Waals surface area contributed by atoms with Crippen molar-refractivity contribution >= 4 is 16.7 Å².